The van der Waals surface area contributed by atoms with Gasteiger partial charge in [0.1, 0.15) is 0 Å². The maximum Gasteiger partial charge on any atom is 0.224 e. The van der Waals surface area contributed by atoms with Gasteiger partial charge in [-0.1, -0.05) is 19.1 Å². The zero-order chi connectivity index (χ0) is 11.0. The number of amides is 1. The molecule has 0 aliphatic heterocycles. The van der Waals surface area contributed by atoms with Crippen molar-refractivity contribution in [2.45, 2.75) is 39.7 Å². The molecule has 15 heavy (non-hydrogen) atoms. The molecular formula is C13H21NO. The SMILES string of the molecule is CC(C)NC(=O)C1C2C=CC(CC2)C1C. The van der Waals surface area contributed by atoms with Crippen molar-refractivity contribution in [1.82, 2.24) is 5.32 Å². The highest BCUT2D eigenvalue weighted by molar-refractivity contribution is 5.80. The van der Waals surface area contributed by atoms with E-state index in [-0.39, 0.29) is 17.9 Å². The minimum absolute atomic E-state index is 0.219. The molecule has 1 N–H and O–H groups in total. The number of carbonyl (C=O) groups is 1. The summed E-state index contributed by atoms with van der Waals surface area (Å²) in [5, 5.41) is 3.05. The van der Waals surface area contributed by atoms with Crippen molar-refractivity contribution in [3.05, 3.63) is 12.2 Å². The predicted molar refractivity (Wildman–Crippen MR) is 61.3 cm³/mol. The highest BCUT2D eigenvalue weighted by atomic mass is 16.2. The Hall–Kier alpha value is -0.790. The highest BCUT2D eigenvalue weighted by Crippen LogP contribution is 2.44. The summed E-state index contributed by atoms with van der Waals surface area (Å²) in [5.74, 6) is 2.13. The zero-order valence-electron chi connectivity index (χ0n) is 9.86. The van der Waals surface area contributed by atoms with Crippen molar-refractivity contribution >= 4 is 5.91 Å². The molecule has 1 saturated carbocycles. The van der Waals surface area contributed by atoms with Crippen LogP contribution in [-0.2, 0) is 4.79 Å². The van der Waals surface area contributed by atoms with Crippen LogP contribution in [0.2, 0.25) is 0 Å². The van der Waals surface area contributed by atoms with Gasteiger partial charge < -0.3 is 5.32 Å². The van der Waals surface area contributed by atoms with Gasteiger partial charge in [0.15, 0.2) is 0 Å². The van der Waals surface area contributed by atoms with Crippen LogP contribution in [0.5, 0.6) is 0 Å². The lowest BCUT2D eigenvalue weighted by Crippen LogP contribution is -2.46. The summed E-state index contributed by atoms with van der Waals surface area (Å²) in [4.78, 5) is 12.1. The fourth-order valence-corrected chi connectivity index (χ4v) is 3.07. The first kappa shape index (κ1) is 10.7. The van der Waals surface area contributed by atoms with E-state index in [4.69, 9.17) is 0 Å². The first-order valence-electron chi connectivity index (χ1n) is 6.08. The lowest BCUT2D eigenvalue weighted by atomic mass is 9.62. The number of hydrogen-bond donors (Lipinski definition) is 1. The van der Waals surface area contributed by atoms with Gasteiger partial charge in [-0.3, -0.25) is 4.79 Å². The number of carbonyl (C=O) groups excluding carboxylic acids is 1. The molecule has 0 heterocycles. The Morgan fingerprint density at radius 3 is 2.33 bits per heavy atom. The van der Waals surface area contributed by atoms with Crippen LogP contribution >= 0.6 is 0 Å². The lowest BCUT2D eigenvalue weighted by Gasteiger charge is -2.42. The highest BCUT2D eigenvalue weighted by Gasteiger charge is 2.41. The quantitative estimate of drug-likeness (QED) is 0.692. The van der Waals surface area contributed by atoms with Crippen molar-refractivity contribution in [1.29, 1.82) is 0 Å². The molecule has 4 unspecified atom stereocenters. The van der Waals surface area contributed by atoms with Gasteiger partial charge in [-0.15, -0.1) is 0 Å². The summed E-state index contributed by atoms with van der Waals surface area (Å²) >= 11 is 0. The average molecular weight is 207 g/mol. The molecule has 0 aromatic heterocycles. The molecule has 0 saturated heterocycles. The van der Waals surface area contributed by atoms with E-state index in [1.807, 2.05) is 13.8 Å². The van der Waals surface area contributed by atoms with Crippen molar-refractivity contribution in [2.24, 2.45) is 23.7 Å². The molecule has 2 heteroatoms. The van der Waals surface area contributed by atoms with Crippen molar-refractivity contribution in [3.8, 4) is 0 Å². The second kappa shape index (κ2) is 3.99. The first-order valence-corrected chi connectivity index (χ1v) is 6.08. The molecule has 4 atom stereocenters. The molecule has 3 aliphatic rings. The normalized spacial score (nSPS) is 38.4. The number of fused-ring (bicyclic) bond motifs is 2. The van der Waals surface area contributed by atoms with E-state index in [0.717, 1.165) is 0 Å². The second-order valence-electron chi connectivity index (χ2n) is 5.34. The first-order chi connectivity index (χ1) is 7.09. The van der Waals surface area contributed by atoms with Crippen LogP contribution in [0, 0.1) is 23.7 Å². The molecule has 3 rings (SSSR count). The Morgan fingerprint density at radius 2 is 1.87 bits per heavy atom. The Balaban J connectivity index is 2.09. The molecule has 84 valence electrons. The smallest absolute Gasteiger partial charge is 0.224 e. The Labute approximate surface area is 92.1 Å². The zero-order valence-corrected chi connectivity index (χ0v) is 9.86. The lowest BCUT2D eigenvalue weighted by molar-refractivity contribution is -0.130. The van der Waals surface area contributed by atoms with E-state index in [2.05, 4.69) is 24.4 Å². The topological polar surface area (TPSA) is 29.1 Å². The molecule has 3 aliphatic carbocycles. The van der Waals surface area contributed by atoms with E-state index in [9.17, 15) is 4.79 Å². The fourth-order valence-electron chi connectivity index (χ4n) is 3.07. The van der Waals surface area contributed by atoms with Crippen LogP contribution in [0.15, 0.2) is 12.2 Å². The van der Waals surface area contributed by atoms with E-state index in [1.165, 1.54) is 12.8 Å². The van der Waals surface area contributed by atoms with E-state index >= 15 is 0 Å². The molecule has 1 amide bonds. The van der Waals surface area contributed by atoms with E-state index in [0.29, 0.717) is 17.8 Å². The number of allylic oxidation sites excluding steroid dienone is 2. The van der Waals surface area contributed by atoms with Gasteiger partial charge in [0.25, 0.3) is 0 Å². The van der Waals surface area contributed by atoms with Gasteiger partial charge >= 0.3 is 0 Å². The molecule has 2 bridgehead atoms. The second-order valence-corrected chi connectivity index (χ2v) is 5.34. The van der Waals surface area contributed by atoms with Gasteiger partial charge in [-0.2, -0.15) is 0 Å². The van der Waals surface area contributed by atoms with Gasteiger partial charge in [0.2, 0.25) is 5.91 Å². The summed E-state index contributed by atoms with van der Waals surface area (Å²) in [6, 6.07) is 0.258. The third kappa shape index (κ3) is 1.95. The van der Waals surface area contributed by atoms with Crippen LogP contribution in [0.4, 0.5) is 0 Å². The summed E-state index contributed by atoms with van der Waals surface area (Å²) in [6.45, 7) is 6.28. The van der Waals surface area contributed by atoms with Crippen LogP contribution in [0.3, 0.4) is 0 Å². The molecule has 0 aromatic rings. The average Bonchev–Trinajstić information content (AvgIpc) is 2.17. The van der Waals surface area contributed by atoms with Crippen molar-refractivity contribution in [2.75, 3.05) is 0 Å². The molecule has 0 aromatic carbocycles. The van der Waals surface area contributed by atoms with Crippen molar-refractivity contribution in [3.63, 3.8) is 0 Å². The predicted octanol–water partition coefficient (Wildman–Crippen LogP) is 2.36. The van der Waals surface area contributed by atoms with Gasteiger partial charge in [-0.25, -0.2) is 0 Å². The summed E-state index contributed by atoms with van der Waals surface area (Å²) in [6.07, 6.45) is 7.05. The monoisotopic (exact) mass is 207 g/mol. The minimum atomic E-state index is 0.219. The summed E-state index contributed by atoms with van der Waals surface area (Å²) in [5.41, 5.74) is 0. The number of rotatable bonds is 2. The summed E-state index contributed by atoms with van der Waals surface area (Å²) < 4.78 is 0. The standard InChI is InChI=1S/C13H21NO/c1-8(2)14-13(15)12-9(3)10-4-6-11(12)7-5-10/h4,6,8-12H,5,7H2,1-3H3,(H,14,15). The number of nitrogens with one attached hydrogen (secondary N) is 1. The molecule has 1 fully saturated rings. The van der Waals surface area contributed by atoms with Gasteiger partial charge in [-0.05, 0) is 44.4 Å². The maximum absolute atomic E-state index is 12.1. The van der Waals surface area contributed by atoms with E-state index < -0.39 is 0 Å². The van der Waals surface area contributed by atoms with Gasteiger partial charge in [0, 0.05) is 12.0 Å². The van der Waals surface area contributed by atoms with Crippen LogP contribution in [0.25, 0.3) is 0 Å². The molecule has 0 radical (unpaired) electrons. The van der Waals surface area contributed by atoms with Crippen LogP contribution < -0.4 is 5.32 Å². The van der Waals surface area contributed by atoms with Crippen LogP contribution in [0.1, 0.15) is 33.6 Å². The molecule has 0 spiro atoms. The third-order valence-electron chi connectivity index (χ3n) is 3.88. The fraction of sp³-hybridized carbons (Fsp3) is 0.769. The summed E-state index contributed by atoms with van der Waals surface area (Å²) in [7, 11) is 0. The minimum Gasteiger partial charge on any atom is -0.354 e. The third-order valence-corrected chi connectivity index (χ3v) is 3.88. The van der Waals surface area contributed by atoms with Gasteiger partial charge in [0.05, 0.1) is 0 Å². The Bertz CT molecular complexity index is 282. The molecule has 2 nitrogen and oxygen atoms in total. The number of hydrogen-bond acceptors (Lipinski definition) is 1. The van der Waals surface area contributed by atoms with Crippen LogP contribution in [-0.4, -0.2) is 11.9 Å². The largest absolute Gasteiger partial charge is 0.354 e. The maximum atomic E-state index is 12.1. The Kier molecular flexibility index (Phi) is 2.85. The van der Waals surface area contributed by atoms with E-state index in [1.54, 1.807) is 0 Å². The van der Waals surface area contributed by atoms with Crippen molar-refractivity contribution < 1.29 is 4.79 Å². The molecular weight excluding hydrogens is 186 g/mol. The Morgan fingerprint density at radius 1 is 1.27 bits per heavy atom.